The van der Waals surface area contributed by atoms with Crippen LogP contribution in [0.1, 0.15) is 29.8 Å². The summed E-state index contributed by atoms with van der Waals surface area (Å²) in [4.78, 5) is 16.6. The predicted octanol–water partition coefficient (Wildman–Crippen LogP) is 2.37. The highest BCUT2D eigenvalue weighted by atomic mass is 35.5. The van der Waals surface area contributed by atoms with Crippen molar-refractivity contribution >= 4 is 33.2 Å². The van der Waals surface area contributed by atoms with Gasteiger partial charge in [0.2, 0.25) is 5.03 Å². The SMILES string of the molecule is CCN(CC)C(=O)c1cn(C)nc1S(=O)(=O)N1CCN(c2cc(Cl)ccc2C)CC1. The van der Waals surface area contributed by atoms with Gasteiger partial charge in [0.05, 0.1) is 5.56 Å². The number of hydrogen-bond donors (Lipinski definition) is 0. The summed E-state index contributed by atoms with van der Waals surface area (Å²) in [5, 5.41) is 4.62. The fourth-order valence-electron chi connectivity index (χ4n) is 3.70. The fraction of sp³-hybridized carbons (Fsp3) is 0.500. The summed E-state index contributed by atoms with van der Waals surface area (Å²) < 4.78 is 29.4. The lowest BCUT2D eigenvalue weighted by Crippen LogP contribution is -2.49. The molecule has 0 atom stereocenters. The van der Waals surface area contributed by atoms with Crippen molar-refractivity contribution in [2.24, 2.45) is 7.05 Å². The third-order valence-electron chi connectivity index (χ3n) is 5.41. The van der Waals surface area contributed by atoms with Crippen LogP contribution in [0, 0.1) is 6.92 Å². The lowest BCUT2D eigenvalue weighted by atomic mass is 10.1. The van der Waals surface area contributed by atoms with Crippen molar-refractivity contribution in [1.29, 1.82) is 0 Å². The van der Waals surface area contributed by atoms with Gasteiger partial charge in [-0.3, -0.25) is 9.48 Å². The molecule has 1 amide bonds. The van der Waals surface area contributed by atoms with Crippen LogP contribution < -0.4 is 4.90 Å². The maximum Gasteiger partial charge on any atom is 0.263 e. The number of benzene rings is 1. The lowest BCUT2D eigenvalue weighted by Gasteiger charge is -2.36. The normalized spacial score (nSPS) is 15.4. The van der Waals surface area contributed by atoms with Crippen LogP contribution in [0.5, 0.6) is 0 Å². The second-order valence-corrected chi connectivity index (χ2v) is 9.61. The van der Waals surface area contributed by atoms with Crippen molar-refractivity contribution in [3.63, 3.8) is 0 Å². The summed E-state index contributed by atoms with van der Waals surface area (Å²) in [6.45, 7) is 8.43. The maximum absolute atomic E-state index is 13.3. The molecule has 8 nitrogen and oxygen atoms in total. The summed E-state index contributed by atoms with van der Waals surface area (Å²) in [7, 11) is -2.27. The zero-order valence-corrected chi connectivity index (χ0v) is 19.4. The Hall–Kier alpha value is -2.10. The first kappa shape index (κ1) is 22.6. The highest BCUT2D eigenvalue weighted by Crippen LogP contribution is 2.27. The van der Waals surface area contributed by atoms with Gasteiger partial charge in [-0.25, -0.2) is 8.42 Å². The van der Waals surface area contributed by atoms with Gasteiger partial charge in [0.15, 0.2) is 0 Å². The lowest BCUT2D eigenvalue weighted by molar-refractivity contribution is 0.0769. The maximum atomic E-state index is 13.3. The van der Waals surface area contributed by atoms with Crippen LogP contribution in [0.4, 0.5) is 5.69 Å². The molecule has 0 aliphatic carbocycles. The number of aromatic nitrogens is 2. The van der Waals surface area contributed by atoms with E-state index in [1.807, 2.05) is 39.0 Å². The number of halogens is 1. The number of anilines is 1. The van der Waals surface area contributed by atoms with Gasteiger partial charge in [-0.05, 0) is 38.5 Å². The van der Waals surface area contributed by atoms with E-state index in [0.29, 0.717) is 44.3 Å². The Labute approximate surface area is 183 Å². The molecule has 2 aromatic rings. The Kier molecular flexibility index (Phi) is 6.74. The molecule has 0 spiro atoms. The molecule has 30 heavy (non-hydrogen) atoms. The van der Waals surface area contributed by atoms with E-state index in [1.54, 1.807) is 11.9 Å². The smallest absolute Gasteiger partial charge is 0.263 e. The van der Waals surface area contributed by atoms with Gasteiger partial charge >= 0.3 is 0 Å². The molecule has 1 fully saturated rings. The van der Waals surface area contributed by atoms with Crippen LogP contribution in [0.2, 0.25) is 5.02 Å². The molecule has 10 heteroatoms. The van der Waals surface area contributed by atoms with Crippen LogP contribution in [0.15, 0.2) is 29.4 Å². The van der Waals surface area contributed by atoms with Crippen molar-refractivity contribution < 1.29 is 13.2 Å². The molecule has 0 unspecified atom stereocenters. The van der Waals surface area contributed by atoms with Gasteiger partial charge in [0, 0.05) is 63.2 Å². The van der Waals surface area contributed by atoms with Gasteiger partial charge < -0.3 is 9.80 Å². The van der Waals surface area contributed by atoms with Crippen molar-refractivity contribution in [1.82, 2.24) is 19.0 Å². The molecule has 0 radical (unpaired) electrons. The first-order chi connectivity index (χ1) is 14.2. The second kappa shape index (κ2) is 8.95. The molecule has 1 aliphatic rings. The van der Waals surface area contributed by atoms with E-state index in [1.165, 1.54) is 15.2 Å². The average molecular weight is 454 g/mol. The van der Waals surface area contributed by atoms with Crippen LogP contribution in [-0.2, 0) is 17.1 Å². The summed E-state index contributed by atoms with van der Waals surface area (Å²) in [6.07, 6.45) is 1.49. The standard InChI is InChI=1S/C20H28ClN5O3S/c1-5-24(6-2)20(27)17-14-23(4)22-19(17)30(28,29)26-11-9-25(10-12-26)18-13-16(21)8-7-15(18)3/h7-8,13-14H,5-6,9-12H2,1-4H3. The van der Waals surface area contributed by atoms with Gasteiger partial charge in [-0.15, -0.1) is 0 Å². The van der Waals surface area contributed by atoms with Crippen molar-refractivity contribution in [2.45, 2.75) is 25.8 Å². The molecule has 0 N–H and O–H groups in total. The van der Waals surface area contributed by atoms with Crippen molar-refractivity contribution in [2.75, 3.05) is 44.2 Å². The number of piperazine rings is 1. The zero-order chi connectivity index (χ0) is 22.1. The van der Waals surface area contributed by atoms with Gasteiger partial charge in [0.25, 0.3) is 15.9 Å². The van der Waals surface area contributed by atoms with Crippen LogP contribution in [-0.4, -0.2) is 72.6 Å². The first-order valence-electron chi connectivity index (χ1n) is 10.0. The van der Waals surface area contributed by atoms with Gasteiger partial charge in [0.1, 0.15) is 0 Å². The first-order valence-corrected chi connectivity index (χ1v) is 11.8. The molecule has 1 aromatic heterocycles. The molecule has 2 heterocycles. The Bertz CT molecular complexity index is 1030. The quantitative estimate of drug-likeness (QED) is 0.671. The summed E-state index contributed by atoms with van der Waals surface area (Å²) >= 11 is 6.14. The van der Waals surface area contributed by atoms with Gasteiger partial charge in [-0.1, -0.05) is 17.7 Å². The Balaban J connectivity index is 1.83. The number of carbonyl (C=O) groups is 1. The van der Waals surface area contributed by atoms with Gasteiger partial charge in [-0.2, -0.15) is 9.40 Å². The number of sulfonamides is 1. The van der Waals surface area contributed by atoms with E-state index >= 15 is 0 Å². The second-order valence-electron chi connectivity index (χ2n) is 7.32. The topological polar surface area (TPSA) is 78.8 Å². The Morgan fingerprint density at radius 1 is 1.17 bits per heavy atom. The summed E-state index contributed by atoms with van der Waals surface area (Å²) in [5.41, 5.74) is 2.22. The molecular weight excluding hydrogens is 426 g/mol. The summed E-state index contributed by atoms with van der Waals surface area (Å²) in [5.74, 6) is -0.320. The molecule has 0 saturated carbocycles. The van der Waals surface area contributed by atoms with Crippen LogP contribution >= 0.6 is 11.6 Å². The number of rotatable bonds is 6. The number of nitrogens with zero attached hydrogens (tertiary/aromatic N) is 5. The minimum absolute atomic E-state index is 0.120. The number of aryl methyl sites for hydroxylation is 2. The molecule has 1 aromatic carbocycles. The summed E-state index contributed by atoms with van der Waals surface area (Å²) in [6, 6.07) is 5.71. The van der Waals surface area contributed by atoms with Crippen molar-refractivity contribution in [3.05, 3.63) is 40.5 Å². The third kappa shape index (κ3) is 4.33. The Morgan fingerprint density at radius 3 is 2.40 bits per heavy atom. The molecule has 164 valence electrons. The minimum atomic E-state index is -3.89. The third-order valence-corrected chi connectivity index (χ3v) is 7.48. The Morgan fingerprint density at radius 2 is 1.80 bits per heavy atom. The van der Waals surface area contributed by atoms with E-state index in [-0.39, 0.29) is 16.5 Å². The van der Waals surface area contributed by atoms with E-state index in [0.717, 1.165) is 11.3 Å². The van der Waals surface area contributed by atoms with E-state index in [9.17, 15) is 13.2 Å². The number of amides is 1. The van der Waals surface area contributed by atoms with Crippen LogP contribution in [0.3, 0.4) is 0 Å². The molecule has 1 aliphatic heterocycles. The largest absolute Gasteiger partial charge is 0.369 e. The van der Waals surface area contributed by atoms with E-state index in [2.05, 4.69) is 10.00 Å². The molecular formula is C20H28ClN5O3S. The monoisotopic (exact) mass is 453 g/mol. The number of carbonyl (C=O) groups excluding carboxylic acids is 1. The zero-order valence-electron chi connectivity index (χ0n) is 17.8. The highest BCUT2D eigenvalue weighted by molar-refractivity contribution is 7.89. The van der Waals surface area contributed by atoms with Crippen molar-refractivity contribution in [3.8, 4) is 0 Å². The fourth-order valence-corrected chi connectivity index (χ4v) is 5.41. The average Bonchev–Trinajstić information content (AvgIpc) is 3.13. The van der Waals surface area contributed by atoms with E-state index < -0.39 is 10.0 Å². The molecule has 1 saturated heterocycles. The molecule has 3 rings (SSSR count). The predicted molar refractivity (Wildman–Crippen MR) is 118 cm³/mol. The molecule has 0 bridgehead atoms. The minimum Gasteiger partial charge on any atom is -0.369 e. The highest BCUT2D eigenvalue weighted by Gasteiger charge is 2.35. The number of hydrogen-bond acceptors (Lipinski definition) is 5. The van der Waals surface area contributed by atoms with Crippen LogP contribution in [0.25, 0.3) is 0 Å². The van der Waals surface area contributed by atoms with E-state index in [4.69, 9.17) is 11.6 Å².